The number of halogens is 4. The third kappa shape index (κ3) is 8.71. The van der Waals surface area contributed by atoms with E-state index in [-0.39, 0.29) is 38.6 Å². The average molecular weight is 708 g/mol. The van der Waals surface area contributed by atoms with Crippen molar-refractivity contribution in [1.82, 2.24) is 10.2 Å². The third-order valence-corrected chi connectivity index (χ3v) is 9.96. The van der Waals surface area contributed by atoms with Gasteiger partial charge >= 0.3 is 0 Å². The first kappa shape index (κ1) is 34.6. The van der Waals surface area contributed by atoms with Crippen molar-refractivity contribution in [2.45, 2.75) is 37.8 Å². The number of hydrogen-bond acceptors (Lipinski definition) is 4. The van der Waals surface area contributed by atoms with Crippen LogP contribution < -0.4 is 9.62 Å². The van der Waals surface area contributed by atoms with Crippen molar-refractivity contribution in [2.24, 2.45) is 0 Å². The number of anilines is 1. The normalized spacial score (nSPS) is 12.0. The molecule has 2 amide bonds. The maximum atomic E-state index is 14.5. The number of aryl methyl sites for hydroxylation is 1. The van der Waals surface area contributed by atoms with Gasteiger partial charge in [0, 0.05) is 34.6 Å². The minimum atomic E-state index is -4.34. The fraction of sp³-hybridized carbons (Fsp3) is 0.212. The summed E-state index contributed by atoms with van der Waals surface area (Å²) in [6.45, 7) is 3.13. The fourth-order valence-corrected chi connectivity index (χ4v) is 7.04. The molecule has 4 aromatic carbocycles. The quantitative estimate of drug-likeness (QED) is 0.165. The molecular weight excluding hydrogens is 676 g/mol. The van der Waals surface area contributed by atoms with E-state index in [1.54, 1.807) is 37.3 Å². The van der Waals surface area contributed by atoms with E-state index < -0.39 is 34.4 Å². The molecule has 0 fully saturated rings. The van der Waals surface area contributed by atoms with Crippen molar-refractivity contribution < 1.29 is 18.0 Å². The number of hydrogen-bond donors (Lipinski definition) is 1. The number of nitrogens with one attached hydrogen (secondary N) is 1. The number of carbonyl (C=O) groups excluding carboxylic acids is 2. The van der Waals surface area contributed by atoms with Gasteiger partial charge in [-0.1, -0.05) is 100 Å². The van der Waals surface area contributed by atoms with E-state index in [4.69, 9.17) is 46.4 Å². The fourth-order valence-electron chi connectivity index (χ4n) is 4.71. The Labute approximate surface area is 283 Å². The summed E-state index contributed by atoms with van der Waals surface area (Å²) in [5.74, 6) is -1.08. The van der Waals surface area contributed by atoms with Gasteiger partial charge in [0.2, 0.25) is 11.8 Å². The van der Waals surface area contributed by atoms with Gasteiger partial charge in [-0.15, -0.1) is 0 Å². The maximum absolute atomic E-state index is 14.5. The minimum Gasteiger partial charge on any atom is -0.355 e. The summed E-state index contributed by atoms with van der Waals surface area (Å²) in [5.41, 5.74) is 2.19. The molecule has 7 nitrogen and oxygen atoms in total. The lowest BCUT2D eigenvalue weighted by Crippen LogP contribution is -2.53. The number of sulfonamides is 1. The van der Waals surface area contributed by atoms with E-state index in [0.29, 0.717) is 17.1 Å². The number of benzene rings is 4. The summed E-state index contributed by atoms with van der Waals surface area (Å²) >= 11 is 25.5. The highest BCUT2D eigenvalue weighted by Gasteiger charge is 2.35. The van der Waals surface area contributed by atoms with Crippen LogP contribution in [0.2, 0.25) is 20.1 Å². The molecule has 12 heteroatoms. The Morgan fingerprint density at radius 2 is 1.47 bits per heavy atom. The van der Waals surface area contributed by atoms with E-state index in [2.05, 4.69) is 5.32 Å². The zero-order valence-electron chi connectivity index (χ0n) is 24.5. The molecule has 45 heavy (non-hydrogen) atoms. The van der Waals surface area contributed by atoms with E-state index in [0.717, 1.165) is 15.4 Å². The first-order chi connectivity index (χ1) is 21.4. The zero-order valence-corrected chi connectivity index (χ0v) is 28.4. The smallest absolute Gasteiger partial charge is 0.264 e. The van der Waals surface area contributed by atoms with Gasteiger partial charge in [-0.05, 0) is 67.4 Å². The molecule has 0 aliphatic rings. The summed E-state index contributed by atoms with van der Waals surface area (Å²) in [6, 6.07) is 23.6. The zero-order chi connectivity index (χ0) is 32.7. The molecule has 0 aromatic heterocycles. The summed E-state index contributed by atoms with van der Waals surface area (Å²) in [5, 5.41) is 3.80. The molecule has 0 aliphatic carbocycles. The number of rotatable bonds is 12. The molecule has 0 spiro atoms. The summed E-state index contributed by atoms with van der Waals surface area (Å²) < 4.78 is 29.2. The number of nitrogens with zero attached hydrogens (tertiary/aromatic N) is 2. The second-order valence-electron chi connectivity index (χ2n) is 10.3. The van der Waals surface area contributed by atoms with E-state index >= 15 is 0 Å². The second kappa shape index (κ2) is 15.3. The second-order valence-corrected chi connectivity index (χ2v) is 13.8. The first-order valence-corrected chi connectivity index (χ1v) is 17.0. The van der Waals surface area contributed by atoms with Gasteiger partial charge in [-0.2, -0.15) is 0 Å². The van der Waals surface area contributed by atoms with Gasteiger partial charge in [0.05, 0.1) is 15.6 Å². The van der Waals surface area contributed by atoms with Gasteiger partial charge in [-0.3, -0.25) is 13.9 Å². The molecule has 1 atom stereocenters. The molecule has 0 bridgehead atoms. The number of amides is 2. The van der Waals surface area contributed by atoms with Gasteiger partial charge in [0.25, 0.3) is 10.0 Å². The SMILES string of the molecule is CCNC(=O)[C@@H](Cc1ccccc1)N(Cc1ccc(Cl)cc1Cl)C(=O)CN(c1cc(Cl)ccc1Cl)S(=O)(=O)c1ccc(C)cc1. The van der Waals surface area contributed by atoms with Crippen molar-refractivity contribution in [3.8, 4) is 0 Å². The predicted molar refractivity (Wildman–Crippen MR) is 182 cm³/mol. The van der Waals surface area contributed by atoms with Crippen LogP contribution in [0.3, 0.4) is 0 Å². The monoisotopic (exact) mass is 705 g/mol. The van der Waals surface area contributed by atoms with Crippen molar-refractivity contribution in [3.63, 3.8) is 0 Å². The van der Waals surface area contributed by atoms with Crippen LogP contribution in [0.15, 0.2) is 95.9 Å². The summed E-state index contributed by atoms with van der Waals surface area (Å²) in [7, 11) is -4.34. The van der Waals surface area contributed by atoms with Crippen LogP contribution >= 0.6 is 46.4 Å². The van der Waals surface area contributed by atoms with Crippen LogP contribution in [0.4, 0.5) is 5.69 Å². The van der Waals surface area contributed by atoms with Crippen LogP contribution in [0.25, 0.3) is 0 Å². The highest BCUT2D eigenvalue weighted by Crippen LogP contribution is 2.34. The van der Waals surface area contributed by atoms with Crippen molar-refractivity contribution in [3.05, 3.63) is 128 Å². The third-order valence-electron chi connectivity index (χ3n) is 7.04. The Morgan fingerprint density at radius 3 is 2.11 bits per heavy atom. The van der Waals surface area contributed by atoms with Gasteiger partial charge < -0.3 is 10.2 Å². The Kier molecular flexibility index (Phi) is 11.8. The lowest BCUT2D eigenvalue weighted by Gasteiger charge is -2.34. The highest BCUT2D eigenvalue weighted by molar-refractivity contribution is 7.92. The molecule has 4 aromatic rings. The first-order valence-electron chi connectivity index (χ1n) is 14.0. The Morgan fingerprint density at radius 1 is 0.822 bits per heavy atom. The predicted octanol–water partition coefficient (Wildman–Crippen LogP) is 7.58. The Balaban J connectivity index is 1.84. The maximum Gasteiger partial charge on any atom is 0.264 e. The standard InChI is InChI=1S/C33H31Cl4N3O4S/c1-3-38-33(42)31(17-23-7-5-4-6-8-23)39(20-24-11-12-25(34)18-29(24)37)32(41)21-40(30-19-26(35)13-16-28(30)36)45(43,44)27-14-9-22(2)10-15-27/h4-16,18-19,31H,3,17,20-21H2,1-2H3,(H,38,42)/t31-/m1/s1. The number of likely N-dealkylation sites (N-methyl/N-ethyl adjacent to an activating group) is 1. The molecular formula is C33H31Cl4N3O4S. The van der Waals surface area contributed by atoms with Crippen molar-refractivity contribution in [1.29, 1.82) is 0 Å². The minimum absolute atomic E-state index is 0.0141. The van der Waals surface area contributed by atoms with Gasteiger partial charge in [-0.25, -0.2) is 8.42 Å². The molecule has 236 valence electrons. The molecule has 4 rings (SSSR count). The van der Waals surface area contributed by atoms with E-state index in [1.807, 2.05) is 37.3 Å². The molecule has 0 heterocycles. The average Bonchev–Trinajstić information content (AvgIpc) is 3.00. The van der Waals surface area contributed by atoms with Crippen molar-refractivity contribution >= 4 is 73.9 Å². The van der Waals surface area contributed by atoms with Crippen LogP contribution in [0, 0.1) is 6.92 Å². The summed E-state index contributed by atoms with van der Waals surface area (Å²) in [6.07, 6.45) is 0.159. The molecule has 0 aliphatic heterocycles. The molecule has 0 radical (unpaired) electrons. The van der Waals surface area contributed by atoms with E-state index in [9.17, 15) is 18.0 Å². The Hall–Kier alpha value is -3.27. The lowest BCUT2D eigenvalue weighted by molar-refractivity contribution is -0.140. The van der Waals surface area contributed by atoms with Crippen molar-refractivity contribution in [2.75, 3.05) is 17.4 Å². The van der Waals surface area contributed by atoms with Gasteiger partial charge in [0.15, 0.2) is 0 Å². The largest absolute Gasteiger partial charge is 0.355 e. The molecule has 0 saturated carbocycles. The topological polar surface area (TPSA) is 86.8 Å². The molecule has 0 saturated heterocycles. The molecule has 0 unspecified atom stereocenters. The van der Waals surface area contributed by atoms with Crippen LogP contribution in [0.1, 0.15) is 23.6 Å². The van der Waals surface area contributed by atoms with E-state index in [1.165, 1.54) is 35.2 Å². The van der Waals surface area contributed by atoms with Crippen LogP contribution in [-0.4, -0.2) is 44.3 Å². The molecule has 1 N–H and O–H groups in total. The van der Waals surface area contributed by atoms with Crippen LogP contribution in [0.5, 0.6) is 0 Å². The highest BCUT2D eigenvalue weighted by atomic mass is 35.5. The van der Waals surface area contributed by atoms with Crippen LogP contribution in [-0.2, 0) is 32.6 Å². The summed E-state index contributed by atoms with van der Waals surface area (Å²) in [4.78, 5) is 29.4. The van der Waals surface area contributed by atoms with Gasteiger partial charge in [0.1, 0.15) is 12.6 Å². The Bertz CT molecular complexity index is 1770. The number of carbonyl (C=O) groups is 2. The lowest BCUT2D eigenvalue weighted by atomic mass is 10.0.